The highest BCUT2D eigenvalue weighted by Gasteiger charge is 2.23. The van der Waals surface area contributed by atoms with Crippen molar-refractivity contribution in [2.45, 2.75) is 5.92 Å². The molecular weight excluding hydrogens is 412 g/mol. The summed E-state index contributed by atoms with van der Waals surface area (Å²) in [5, 5.41) is 4.81. The lowest BCUT2D eigenvalue weighted by Gasteiger charge is -2.20. The minimum Gasteiger partial charge on any atom is -0.493 e. The molecule has 0 fully saturated rings. The van der Waals surface area contributed by atoms with Crippen LogP contribution in [0.15, 0.2) is 72.9 Å². The number of H-pyrrole nitrogens is 1. The van der Waals surface area contributed by atoms with Crippen molar-refractivity contribution in [3.8, 4) is 11.5 Å². The van der Waals surface area contributed by atoms with Crippen molar-refractivity contribution in [2.24, 2.45) is 0 Å². The Morgan fingerprint density at radius 1 is 0.968 bits per heavy atom. The van der Waals surface area contributed by atoms with Crippen molar-refractivity contribution in [3.63, 3.8) is 0 Å². The van der Waals surface area contributed by atoms with Gasteiger partial charge in [0.25, 0.3) is 5.91 Å². The molecule has 4 rings (SSSR count). The highest BCUT2D eigenvalue weighted by atomic mass is 35.5. The van der Waals surface area contributed by atoms with Crippen molar-refractivity contribution in [2.75, 3.05) is 20.8 Å². The number of aromatic amines is 1. The number of amides is 1. The van der Waals surface area contributed by atoms with Gasteiger partial charge in [0.1, 0.15) is 0 Å². The molecule has 0 saturated heterocycles. The van der Waals surface area contributed by atoms with E-state index < -0.39 is 0 Å². The first kappa shape index (κ1) is 20.8. The molecule has 5 nitrogen and oxygen atoms in total. The predicted molar refractivity (Wildman–Crippen MR) is 123 cm³/mol. The topological polar surface area (TPSA) is 63.3 Å². The number of hydrogen-bond donors (Lipinski definition) is 2. The van der Waals surface area contributed by atoms with Gasteiger partial charge in [-0.3, -0.25) is 4.79 Å². The molecule has 4 aromatic rings. The van der Waals surface area contributed by atoms with E-state index in [1.165, 1.54) is 7.11 Å². The largest absolute Gasteiger partial charge is 0.493 e. The van der Waals surface area contributed by atoms with Crippen molar-refractivity contribution in [1.29, 1.82) is 0 Å². The Kier molecular flexibility index (Phi) is 6.14. The zero-order chi connectivity index (χ0) is 21.8. The number of rotatable bonds is 7. The van der Waals surface area contributed by atoms with Crippen LogP contribution < -0.4 is 14.8 Å². The molecule has 0 spiro atoms. The molecule has 0 unspecified atom stereocenters. The minimum atomic E-state index is -0.243. The molecule has 0 saturated carbocycles. The van der Waals surface area contributed by atoms with E-state index in [2.05, 4.69) is 16.4 Å². The fraction of sp³-hybridized carbons (Fsp3) is 0.160. The smallest absolute Gasteiger partial charge is 0.255 e. The standard InChI is InChI=1S/C25H23ClN2O3/c1-30-23-13-7-10-18(24(23)31-2)25(29)28-15-19(16-8-3-5-11-21(16)26)20-14-27-22-12-6-4-9-17(20)22/h3-14,19,27H,15H2,1-2H3,(H,28,29)/t19-/m1/s1. The van der Waals surface area contributed by atoms with Gasteiger partial charge in [0.2, 0.25) is 0 Å². The number of fused-ring (bicyclic) bond motifs is 1. The van der Waals surface area contributed by atoms with E-state index in [0.717, 1.165) is 22.0 Å². The van der Waals surface area contributed by atoms with Crippen LogP contribution in [0, 0.1) is 0 Å². The molecule has 0 aliphatic rings. The fourth-order valence-corrected chi connectivity index (χ4v) is 4.15. The average molecular weight is 435 g/mol. The van der Waals surface area contributed by atoms with Gasteiger partial charge in [-0.2, -0.15) is 0 Å². The van der Waals surface area contributed by atoms with Crippen molar-refractivity contribution in [3.05, 3.63) is 94.6 Å². The molecule has 0 aliphatic heterocycles. The summed E-state index contributed by atoms with van der Waals surface area (Å²) in [6.45, 7) is 0.366. The van der Waals surface area contributed by atoms with Crippen molar-refractivity contribution >= 4 is 28.4 Å². The summed E-state index contributed by atoms with van der Waals surface area (Å²) in [6.07, 6.45) is 1.98. The molecule has 0 bridgehead atoms. The molecule has 6 heteroatoms. The number of carbonyl (C=O) groups is 1. The summed E-state index contributed by atoms with van der Waals surface area (Å²) in [5.41, 5.74) is 3.47. The lowest BCUT2D eigenvalue weighted by atomic mass is 9.90. The first-order chi connectivity index (χ1) is 15.1. The van der Waals surface area contributed by atoms with E-state index in [-0.39, 0.29) is 11.8 Å². The van der Waals surface area contributed by atoms with Gasteiger partial charge < -0.3 is 19.8 Å². The van der Waals surface area contributed by atoms with Crippen LogP contribution in [0.1, 0.15) is 27.4 Å². The van der Waals surface area contributed by atoms with Crippen LogP contribution in [0.3, 0.4) is 0 Å². The number of hydrogen-bond acceptors (Lipinski definition) is 3. The van der Waals surface area contributed by atoms with Crippen LogP contribution in [0.25, 0.3) is 10.9 Å². The van der Waals surface area contributed by atoms with E-state index in [4.69, 9.17) is 21.1 Å². The Morgan fingerprint density at radius 2 is 1.74 bits per heavy atom. The second kappa shape index (κ2) is 9.14. The average Bonchev–Trinajstić information content (AvgIpc) is 3.23. The van der Waals surface area contributed by atoms with Gasteiger partial charge in [-0.25, -0.2) is 0 Å². The number of carbonyl (C=O) groups excluding carboxylic acids is 1. The van der Waals surface area contributed by atoms with E-state index in [1.807, 2.05) is 48.7 Å². The highest BCUT2D eigenvalue weighted by molar-refractivity contribution is 6.31. The molecule has 31 heavy (non-hydrogen) atoms. The SMILES string of the molecule is COc1cccc(C(=O)NC[C@H](c2ccccc2Cl)c2c[nH]c3ccccc23)c1OC. The second-order valence-corrected chi connectivity index (χ2v) is 7.52. The van der Waals surface area contributed by atoms with E-state index >= 15 is 0 Å². The number of para-hydroxylation sites is 2. The molecular formula is C25H23ClN2O3. The van der Waals surface area contributed by atoms with Gasteiger partial charge in [0.05, 0.1) is 19.8 Å². The summed E-state index contributed by atoms with van der Waals surface area (Å²) in [5.74, 6) is 0.538. The molecule has 158 valence electrons. The van der Waals surface area contributed by atoms with Crippen molar-refractivity contribution in [1.82, 2.24) is 10.3 Å². The Hall–Kier alpha value is -3.44. The van der Waals surface area contributed by atoms with Crippen LogP contribution >= 0.6 is 11.6 Å². The third-order valence-electron chi connectivity index (χ3n) is 5.39. The highest BCUT2D eigenvalue weighted by Crippen LogP contribution is 2.35. The Labute approximate surface area is 186 Å². The minimum absolute atomic E-state index is 0.134. The first-order valence-electron chi connectivity index (χ1n) is 9.93. The number of halogens is 1. The van der Waals surface area contributed by atoms with Gasteiger partial charge in [-0.1, -0.05) is 54.1 Å². The first-order valence-corrected chi connectivity index (χ1v) is 10.3. The monoisotopic (exact) mass is 434 g/mol. The van der Waals surface area contributed by atoms with Crippen LogP contribution in [0.5, 0.6) is 11.5 Å². The molecule has 1 amide bonds. The Morgan fingerprint density at radius 3 is 2.52 bits per heavy atom. The summed E-state index contributed by atoms with van der Waals surface area (Å²) in [6, 6.07) is 21.0. The maximum Gasteiger partial charge on any atom is 0.255 e. The maximum atomic E-state index is 13.1. The second-order valence-electron chi connectivity index (χ2n) is 7.11. The normalized spacial score (nSPS) is 11.8. The quantitative estimate of drug-likeness (QED) is 0.409. The van der Waals surface area contributed by atoms with Gasteiger partial charge in [-0.05, 0) is 35.4 Å². The predicted octanol–water partition coefficient (Wildman–Crippen LogP) is 5.40. The molecule has 1 atom stereocenters. The molecule has 0 radical (unpaired) electrons. The Bertz CT molecular complexity index is 1220. The number of ether oxygens (including phenoxy) is 2. The molecule has 3 aromatic carbocycles. The maximum absolute atomic E-state index is 13.1. The Balaban J connectivity index is 1.68. The third-order valence-corrected chi connectivity index (χ3v) is 5.74. The van der Waals surface area contributed by atoms with Gasteiger partial charge in [-0.15, -0.1) is 0 Å². The summed E-state index contributed by atoms with van der Waals surface area (Å²) in [4.78, 5) is 16.4. The zero-order valence-electron chi connectivity index (χ0n) is 17.3. The zero-order valence-corrected chi connectivity index (χ0v) is 18.1. The summed E-state index contributed by atoms with van der Waals surface area (Å²) < 4.78 is 10.7. The number of benzene rings is 3. The lowest BCUT2D eigenvalue weighted by Crippen LogP contribution is -2.29. The molecule has 2 N–H and O–H groups in total. The van der Waals surface area contributed by atoms with Crippen LogP contribution in [-0.2, 0) is 0 Å². The van der Waals surface area contributed by atoms with Gasteiger partial charge in [0, 0.05) is 34.6 Å². The van der Waals surface area contributed by atoms with E-state index in [1.54, 1.807) is 25.3 Å². The fourth-order valence-electron chi connectivity index (χ4n) is 3.88. The summed E-state index contributed by atoms with van der Waals surface area (Å²) in [7, 11) is 3.07. The third kappa shape index (κ3) is 4.09. The molecule has 0 aliphatic carbocycles. The number of aromatic nitrogens is 1. The number of nitrogens with one attached hydrogen (secondary N) is 2. The van der Waals surface area contributed by atoms with E-state index in [9.17, 15) is 4.79 Å². The lowest BCUT2D eigenvalue weighted by molar-refractivity contribution is 0.0948. The molecule has 1 heterocycles. The molecule has 1 aromatic heterocycles. The van der Waals surface area contributed by atoms with Crippen LogP contribution in [-0.4, -0.2) is 31.7 Å². The summed E-state index contributed by atoms with van der Waals surface area (Å²) >= 11 is 6.55. The number of methoxy groups -OCH3 is 2. The van der Waals surface area contributed by atoms with Crippen molar-refractivity contribution < 1.29 is 14.3 Å². The van der Waals surface area contributed by atoms with Gasteiger partial charge in [0.15, 0.2) is 11.5 Å². The van der Waals surface area contributed by atoms with E-state index in [0.29, 0.717) is 28.6 Å². The van der Waals surface area contributed by atoms with Crippen LogP contribution in [0.2, 0.25) is 5.02 Å². The van der Waals surface area contributed by atoms with Gasteiger partial charge >= 0.3 is 0 Å². The van der Waals surface area contributed by atoms with Crippen LogP contribution in [0.4, 0.5) is 0 Å².